The van der Waals surface area contributed by atoms with Crippen molar-refractivity contribution in [2.75, 3.05) is 12.0 Å². The summed E-state index contributed by atoms with van der Waals surface area (Å²) in [4.78, 5) is 16.5. The first-order chi connectivity index (χ1) is 8.27. The second kappa shape index (κ2) is 4.99. The molecule has 0 unspecified atom stereocenters. The summed E-state index contributed by atoms with van der Waals surface area (Å²) in [6, 6.07) is 5.82. The van der Waals surface area contributed by atoms with Crippen LogP contribution in [0.5, 0.6) is 0 Å². The summed E-state index contributed by atoms with van der Waals surface area (Å²) in [5, 5.41) is 0.997. The van der Waals surface area contributed by atoms with Crippen molar-refractivity contribution in [3.63, 3.8) is 0 Å². The van der Waals surface area contributed by atoms with Gasteiger partial charge in [-0.1, -0.05) is 13.3 Å². The van der Waals surface area contributed by atoms with Gasteiger partial charge >= 0.3 is 0 Å². The van der Waals surface area contributed by atoms with E-state index in [1.807, 2.05) is 25.1 Å². The highest BCUT2D eigenvalue weighted by molar-refractivity contribution is 5.75. The molecule has 0 saturated heterocycles. The fraction of sp³-hybridized carbons (Fsp3) is 0.385. The predicted molar refractivity (Wildman–Crippen MR) is 69.9 cm³/mol. The molecule has 0 bridgehead atoms. The molecule has 2 aromatic heterocycles. The zero-order valence-electron chi connectivity index (χ0n) is 10.2. The monoisotopic (exact) mass is 231 g/mol. The van der Waals surface area contributed by atoms with Crippen LogP contribution in [-0.2, 0) is 6.42 Å². The summed E-state index contributed by atoms with van der Waals surface area (Å²) in [5.74, 6) is 0. The topological polar surface area (TPSA) is 46.9 Å². The summed E-state index contributed by atoms with van der Waals surface area (Å²) in [5.41, 5.74) is 4.61. The van der Waals surface area contributed by atoms with Gasteiger partial charge in [0.1, 0.15) is 0 Å². The Balaban J connectivity index is 2.71. The summed E-state index contributed by atoms with van der Waals surface area (Å²) in [6.45, 7) is 4.74. The number of nitrogens with one attached hydrogen (secondary N) is 1. The molecule has 4 heteroatoms. The molecule has 2 aromatic rings. The number of fused-ring (bicyclic) bond motifs is 1. The van der Waals surface area contributed by atoms with Gasteiger partial charge in [-0.05, 0) is 31.5 Å². The van der Waals surface area contributed by atoms with Crippen LogP contribution in [0.1, 0.15) is 25.8 Å². The molecule has 0 atom stereocenters. The van der Waals surface area contributed by atoms with E-state index in [0.29, 0.717) is 12.2 Å². The van der Waals surface area contributed by atoms with Crippen LogP contribution in [0.15, 0.2) is 29.2 Å². The maximum atomic E-state index is 12.2. The average molecular weight is 231 g/mol. The first-order valence-electron chi connectivity index (χ1n) is 6.01. The van der Waals surface area contributed by atoms with Gasteiger partial charge in [-0.25, -0.2) is 9.66 Å². The molecule has 0 aliphatic carbocycles. The molecule has 17 heavy (non-hydrogen) atoms. The number of hydrogen-bond donors (Lipinski definition) is 1. The van der Waals surface area contributed by atoms with Crippen molar-refractivity contribution in [3.05, 3.63) is 40.3 Å². The van der Waals surface area contributed by atoms with Crippen molar-refractivity contribution in [2.45, 2.75) is 26.7 Å². The lowest BCUT2D eigenvalue weighted by molar-refractivity contribution is 0.810. The molecule has 0 aliphatic heterocycles. The van der Waals surface area contributed by atoms with Gasteiger partial charge in [-0.2, -0.15) is 0 Å². The van der Waals surface area contributed by atoms with Crippen LogP contribution < -0.4 is 11.0 Å². The van der Waals surface area contributed by atoms with E-state index in [0.717, 1.165) is 23.8 Å². The predicted octanol–water partition coefficient (Wildman–Crippen LogP) is 1.91. The van der Waals surface area contributed by atoms with E-state index in [2.05, 4.69) is 17.3 Å². The molecule has 2 rings (SSSR count). The molecular formula is C13H17N3O. The maximum Gasteiger partial charge on any atom is 0.274 e. The molecule has 0 saturated carbocycles. The van der Waals surface area contributed by atoms with Crippen molar-refractivity contribution in [1.82, 2.24) is 9.66 Å². The van der Waals surface area contributed by atoms with E-state index < -0.39 is 0 Å². The molecule has 0 spiro atoms. The van der Waals surface area contributed by atoms with Crippen LogP contribution in [0.2, 0.25) is 0 Å². The van der Waals surface area contributed by atoms with E-state index in [1.165, 1.54) is 0 Å². The van der Waals surface area contributed by atoms with Gasteiger partial charge in [0.25, 0.3) is 5.56 Å². The van der Waals surface area contributed by atoms with Crippen LogP contribution >= 0.6 is 0 Å². The number of rotatable bonds is 4. The third kappa shape index (κ3) is 2.16. The third-order valence-electron chi connectivity index (χ3n) is 2.67. The van der Waals surface area contributed by atoms with Gasteiger partial charge < -0.3 is 5.43 Å². The van der Waals surface area contributed by atoms with Crippen molar-refractivity contribution in [3.8, 4) is 0 Å². The second-order valence-electron chi connectivity index (χ2n) is 3.99. The number of pyridine rings is 2. The van der Waals surface area contributed by atoms with Crippen LogP contribution in [0.3, 0.4) is 0 Å². The maximum absolute atomic E-state index is 12.2. The van der Waals surface area contributed by atoms with E-state index in [4.69, 9.17) is 0 Å². The highest BCUT2D eigenvalue weighted by Crippen LogP contribution is 2.10. The van der Waals surface area contributed by atoms with Crippen molar-refractivity contribution in [2.24, 2.45) is 0 Å². The fourth-order valence-corrected chi connectivity index (χ4v) is 1.95. The normalized spacial score (nSPS) is 10.7. The Bertz CT molecular complexity index is 574. The lowest BCUT2D eigenvalue weighted by Crippen LogP contribution is -2.31. The Hall–Kier alpha value is -1.84. The number of nitrogens with zero attached hydrogens (tertiary/aromatic N) is 2. The summed E-state index contributed by atoms with van der Waals surface area (Å²) in [6.07, 6.45) is 3.47. The summed E-state index contributed by atoms with van der Waals surface area (Å²) in [7, 11) is 0. The number of aromatic nitrogens is 2. The van der Waals surface area contributed by atoms with Gasteiger partial charge in [-0.3, -0.25) is 4.79 Å². The van der Waals surface area contributed by atoms with Crippen LogP contribution in [0, 0.1) is 0 Å². The highest BCUT2D eigenvalue weighted by Gasteiger charge is 2.08. The van der Waals surface area contributed by atoms with Crippen LogP contribution in [0.25, 0.3) is 11.0 Å². The van der Waals surface area contributed by atoms with Crippen molar-refractivity contribution in [1.29, 1.82) is 0 Å². The minimum Gasteiger partial charge on any atom is -0.321 e. The average Bonchev–Trinajstić information content (AvgIpc) is 2.35. The molecule has 0 aromatic carbocycles. The van der Waals surface area contributed by atoms with Gasteiger partial charge in [-0.15, -0.1) is 0 Å². The summed E-state index contributed by atoms with van der Waals surface area (Å²) >= 11 is 0. The Morgan fingerprint density at radius 3 is 2.94 bits per heavy atom. The molecule has 2 heterocycles. The zero-order chi connectivity index (χ0) is 12.3. The molecule has 0 radical (unpaired) electrons. The Labute approximate surface area is 100 Å². The minimum atomic E-state index is 0.0138. The zero-order valence-corrected chi connectivity index (χ0v) is 10.2. The molecule has 0 aliphatic rings. The van der Waals surface area contributed by atoms with Crippen molar-refractivity contribution >= 4 is 11.0 Å². The fourth-order valence-electron chi connectivity index (χ4n) is 1.95. The quantitative estimate of drug-likeness (QED) is 0.874. The van der Waals surface area contributed by atoms with E-state index >= 15 is 0 Å². The lowest BCUT2D eigenvalue weighted by atomic mass is 10.1. The van der Waals surface area contributed by atoms with Crippen LogP contribution in [0.4, 0.5) is 0 Å². The third-order valence-corrected chi connectivity index (χ3v) is 2.67. The molecule has 4 nitrogen and oxygen atoms in total. The molecule has 0 amide bonds. The van der Waals surface area contributed by atoms with Gasteiger partial charge in [0, 0.05) is 23.7 Å². The standard InChI is InChI=1S/C13H17N3O/c1-3-6-11-9-10-7-5-8-14-12(10)16(13(11)17)15-4-2/h5,7-9,15H,3-4,6H2,1-2H3. The van der Waals surface area contributed by atoms with E-state index in [-0.39, 0.29) is 5.56 Å². The first kappa shape index (κ1) is 11.6. The first-order valence-corrected chi connectivity index (χ1v) is 6.01. The second-order valence-corrected chi connectivity index (χ2v) is 3.99. The van der Waals surface area contributed by atoms with Crippen molar-refractivity contribution < 1.29 is 0 Å². The van der Waals surface area contributed by atoms with Gasteiger partial charge in [0.2, 0.25) is 0 Å². The van der Waals surface area contributed by atoms with Gasteiger partial charge in [0.05, 0.1) is 0 Å². The Kier molecular flexibility index (Phi) is 3.42. The molecule has 90 valence electrons. The number of aryl methyl sites for hydroxylation is 1. The molecule has 1 N–H and O–H groups in total. The summed E-state index contributed by atoms with van der Waals surface area (Å²) < 4.78 is 1.56. The largest absolute Gasteiger partial charge is 0.321 e. The van der Waals surface area contributed by atoms with Crippen LogP contribution in [-0.4, -0.2) is 16.2 Å². The van der Waals surface area contributed by atoms with Gasteiger partial charge in [0.15, 0.2) is 5.65 Å². The van der Waals surface area contributed by atoms with E-state index in [1.54, 1.807) is 10.9 Å². The highest BCUT2D eigenvalue weighted by atomic mass is 16.1. The minimum absolute atomic E-state index is 0.0138. The lowest BCUT2D eigenvalue weighted by Gasteiger charge is -2.12. The smallest absolute Gasteiger partial charge is 0.274 e. The Morgan fingerprint density at radius 1 is 1.41 bits per heavy atom. The Morgan fingerprint density at radius 2 is 2.24 bits per heavy atom. The van der Waals surface area contributed by atoms with E-state index in [9.17, 15) is 4.79 Å². The molecular weight excluding hydrogens is 214 g/mol. The number of hydrogen-bond acceptors (Lipinski definition) is 3. The SMILES string of the molecule is CCCc1cc2cccnc2n(NCC)c1=O. The molecule has 0 fully saturated rings.